The third kappa shape index (κ3) is 6.67. The lowest BCUT2D eigenvalue weighted by Crippen LogP contribution is -2.54. The minimum Gasteiger partial charge on any atom is -0.496 e. The molecule has 198 valence electrons. The van der Waals surface area contributed by atoms with Crippen molar-refractivity contribution in [3.8, 4) is 11.5 Å². The fourth-order valence-electron chi connectivity index (χ4n) is 4.45. The first kappa shape index (κ1) is 26.7. The van der Waals surface area contributed by atoms with E-state index in [0.717, 1.165) is 30.6 Å². The number of anilines is 1. The fraction of sp³-hybridized carbons (Fsp3) is 0.310. The maximum Gasteiger partial charge on any atom is 0.331 e. The molecule has 9 nitrogen and oxygen atoms in total. The summed E-state index contributed by atoms with van der Waals surface area (Å²) in [6, 6.07) is 11.5. The highest BCUT2D eigenvalue weighted by molar-refractivity contribution is 6.31. The Morgan fingerprint density at radius 1 is 1.11 bits per heavy atom. The largest absolute Gasteiger partial charge is 0.496 e. The van der Waals surface area contributed by atoms with Gasteiger partial charge in [-0.05, 0) is 80.1 Å². The Hall–Kier alpha value is -4.40. The topological polar surface area (TPSA) is 114 Å². The predicted molar refractivity (Wildman–Crippen MR) is 142 cm³/mol. The van der Waals surface area contributed by atoms with Gasteiger partial charge in [-0.25, -0.2) is 4.79 Å². The van der Waals surface area contributed by atoms with E-state index >= 15 is 0 Å². The number of carbonyl (C=O) groups excluding carboxylic acids is 4. The number of nitrogens with zero attached hydrogens (tertiary/aromatic N) is 1. The van der Waals surface area contributed by atoms with Crippen molar-refractivity contribution in [2.45, 2.75) is 45.6 Å². The van der Waals surface area contributed by atoms with E-state index in [2.05, 4.69) is 16.7 Å². The summed E-state index contributed by atoms with van der Waals surface area (Å²) in [6.45, 7) is 1.83. The summed E-state index contributed by atoms with van der Waals surface area (Å²) in [6.07, 6.45) is 8.52. The second-order valence-electron chi connectivity index (χ2n) is 9.20. The van der Waals surface area contributed by atoms with Gasteiger partial charge in [0.1, 0.15) is 23.7 Å². The number of benzene rings is 2. The molecule has 0 bridgehead atoms. The van der Waals surface area contributed by atoms with Gasteiger partial charge in [0.15, 0.2) is 0 Å². The maximum absolute atomic E-state index is 13.1. The van der Waals surface area contributed by atoms with E-state index in [9.17, 15) is 19.2 Å². The van der Waals surface area contributed by atoms with Crippen molar-refractivity contribution >= 4 is 35.5 Å². The smallest absolute Gasteiger partial charge is 0.331 e. The standard InChI is InChI=1S/C29H31N3O6/c1-19(33)30-23-9-11-24(12-10-23)38-18-22-16-21(8-13-26(22)37-2)17-25-27(34)31-29(36)32(28(25)35)15-14-20-6-4-3-5-7-20/h6,8-13,16-17H,3-5,7,14-15,18H2,1-2H3,(H,30,33)(H,31,34,36)/b25-17+. The zero-order chi connectivity index (χ0) is 27.1. The molecule has 9 heteroatoms. The number of ether oxygens (including phenoxy) is 2. The molecular weight excluding hydrogens is 486 g/mol. The minimum absolute atomic E-state index is 0.104. The highest BCUT2D eigenvalue weighted by atomic mass is 16.5. The molecule has 0 atom stereocenters. The molecular formula is C29H31N3O6. The molecule has 1 aliphatic heterocycles. The van der Waals surface area contributed by atoms with Crippen LogP contribution in [0.5, 0.6) is 11.5 Å². The molecule has 0 saturated carbocycles. The summed E-state index contributed by atoms with van der Waals surface area (Å²) in [5.41, 5.74) is 3.09. The highest BCUT2D eigenvalue weighted by Crippen LogP contribution is 2.26. The maximum atomic E-state index is 13.1. The Morgan fingerprint density at radius 2 is 1.89 bits per heavy atom. The van der Waals surface area contributed by atoms with Gasteiger partial charge in [0.05, 0.1) is 7.11 Å². The van der Waals surface area contributed by atoms with Crippen molar-refractivity contribution in [3.63, 3.8) is 0 Å². The van der Waals surface area contributed by atoms with Crippen molar-refractivity contribution < 1.29 is 28.7 Å². The van der Waals surface area contributed by atoms with Gasteiger partial charge in [-0.1, -0.05) is 17.7 Å². The molecule has 5 amide bonds. The fourth-order valence-corrected chi connectivity index (χ4v) is 4.45. The molecule has 0 aromatic heterocycles. The zero-order valence-corrected chi connectivity index (χ0v) is 21.5. The Balaban J connectivity index is 1.48. The number of rotatable bonds is 9. The van der Waals surface area contributed by atoms with Crippen LogP contribution in [0, 0.1) is 0 Å². The summed E-state index contributed by atoms with van der Waals surface area (Å²) in [7, 11) is 1.54. The molecule has 0 radical (unpaired) electrons. The number of nitrogens with one attached hydrogen (secondary N) is 2. The first-order chi connectivity index (χ1) is 18.3. The van der Waals surface area contributed by atoms with Crippen molar-refractivity contribution in [1.82, 2.24) is 10.2 Å². The van der Waals surface area contributed by atoms with E-state index < -0.39 is 17.8 Å². The number of barbiturate groups is 1. The van der Waals surface area contributed by atoms with E-state index in [1.165, 1.54) is 18.6 Å². The Labute approximate surface area is 221 Å². The van der Waals surface area contributed by atoms with Crippen LogP contribution in [0.1, 0.15) is 50.2 Å². The lowest BCUT2D eigenvalue weighted by molar-refractivity contribution is -0.130. The van der Waals surface area contributed by atoms with Gasteiger partial charge in [0.25, 0.3) is 11.8 Å². The summed E-state index contributed by atoms with van der Waals surface area (Å²) in [5.74, 6) is -0.314. The number of imide groups is 2. The monoisotopic (exact) mass is 517 g/mol. The SMILES string of the molecule is COc1ccc(/C=C2\C(=O)NC(=O)N(CCC3=CCCCC3)C2=O)cc1COc1ccc(NC(C)=O)cc1. The van der Waals surface area contributed by atoms with Gasteiger partial charge in [0, 0.05) is 24.7 Å². The van der Waals surface area contributed by atoms with Crippen LogP contribution >= 0.6 is 0 Å². The summed E-state index contributed by atoms with van der Waals surface area (Å²) >= 11 is 0. The van der Waals surface area contributed by atoms with Gasteiger partial charge in [-0.3, -0.25) is 24.6 Å². The lowest BCUT2D eigenvalue weighted by Gasteiger charge is -2.27. The van der Waals surface area contributed by atoms with Crippen LogP contribution in [0.3, 0.4) is 0 Å². The van der Waals surface area contributed by atoms with Crippen LogP contribution < -0.4 is 20.1 Å². The molecule has 2 aliphatic rings. The lowest BCUT2D eigenvalue weighted by atomic mass is 9.97. The average Bonchev–Trinajstić information content (AvgIpc) is 2.91. The van der Waals surface area contributed by atoms with Crippen LogP contribution in [0.4, 0.5) is 10.5 Å². The molecule has 0 spiro atoms. The minimum atomic E-state index is -0.721. The molecule has 2 N–H and O–H groups in total. The quantitative estimate of drug-likeness (QED) is 0.286. The van der Waals surface area contributed by atoms with Gasteiger partial charge in [-0.15, -0.1) is 0 Å². The van der Waals surface area contributed by atoms with Crippen LogP contribution in [-0.2, 0) is 21.0 Å². The summed E-state index contributed by atoms with van der Waals surface area (Å²) < 4.78 is 11.3. The number of amides is 5. The van der Waals surface area contributed by atoms with Gasteiger partial charge in [0.2, 0.25) is 5.91 Å². The number of methoxy groups -OCH3 is 1. The number of carbonyl (C=O) groups is 4. The van der Waals surface area contributed by atoms with Crippen LogP contribution in [0.15, 0.2) is 59.7 Å². The molecule has 38 heavy (non-hydrogen) atoms. The van der Waals surface area contributed by atoms with Crippen LogP contribution in [0.25, 0.3) is 6.08 Å². The number of urea groups is 1. The number of allylic oxidation sites excluding steroid dienone is 1. The molecule has 1 aliphatic carbocycles. The molecule has 1 saturated heterocycles. The van der Waals surface area contributed by atoms with E-state index in [0.29, 0.717) is 34.7 Å². The van der Waals surface area contributed by atoms with Crippen molar-refractivity contribution in [3.05, 3.63) is 70.8 Å². The van der Waals surface area contributed by atoms with E-state index in [1.807, 2.05) is 0 Å². The number of hydrogen-bond acceptors (Lipinski definition) is 6. The van der Waals surface area contributed by atoms with Crippen molar-refractivity contribution in [1.29, 1.82) is 0 Å². The normalized spacial score (nSPS) is 16.7. The molecule has 2 aromatic carbocycles. The summed E-state index contributed by atoms with van der Waals surface area (Å²) in [4.78, 5) is 50.4. The Kier molecular flexibility index (Phi) is 8.58. The second kappa shape index (κ2) is 12.2. The molecule has 0 unspecified atom stereocenters. The molecule has 2 aromatic rings. The molecule has 1 fully saturated rings. The Morgan fingerprint density at radius 3 is 2.58 bits per heavy atom. The summed E-state index contributed by atoms with van der Waals surface area (Å²) in [5, 5.41) is 4.98. The van der Waals surface area contributed by atoms with E-state index in [1.54, 1.807) is 49.6 Å². The highest BCUT2D eigenvalue weighted by Gasteiger charge is 2.35. The zero-order valence-electron chi connectivity index (χ0n) is 21.5. The number of hydrogen-bond donors (Lipinski definition) is 2. The molecule has 4 rings (SSSR count). The van der Waals surface area contributed by atoms with Crippen LogP contribution in [-0.4, -0.2) is 42.3 Å². The van der Waals surface area contributed by atoms with E-state index in [4.69, 9.17) is 9.47 Å². The first-order valence-electron chi connectivity index (χ1n) is 12.6. The predicted octanol–water partition coefficient (Wildman–Crippen LogP) is 4.58. The van der Waals surface area contributed by atoms with Gasteiger partial charge >= 0.3 is 6.03 Å². The van der Waals surface area contributed by atoms with Crippen LogP contribution in [0.2, 0.25) is 0 Å². The Bertz CT molecular complexity index is 1300. The van der Waals surface area contributed by atoms with Gasteiger partial charge in [-0.2, -0.15) is 0 Å². The van der Waals surface area contributed by atoms with Gasteiger partial charge < -0.3 is 14.8 Å². The van der Waals surface area contributed by atoms with E-state index in [-0.39, 0.29) is 24.6 Å². The average molecular weight is 518 g/mol. The van der Waals surface area contributed by atoms with Crippen molar-refractivity contribution in [2.75, 3.05) is 19.0 Å². The second-order valence-corrected chi connectivity index (χ2v) is 9.20. The van der Waals surface area contributed by atoms with Crippen molar-refractivity contribution in [2.24, 2.45) is 0 Å². The molecule has 1 heterocycles. The third-order valence-corrected chi connectivity index (χ3v) is 6.41. The third-order valence-electron chi connectivity index (χ3n) is 6.41. The first-order valence-corrected chi connectivity index (χ1v) is 12.6.